The van der Waals surface area contributed by atoms with Crippen LogP contribution in [0.4, 0.5) is 0 Å². The van der Waals surface area contributed by atoms with Crippen LogP contribution in [0.15, 0.2) is 23.0 Å². The number of carbonyl (C=O) groups excluding carboxylic acids is 1. The zero-order valence-corrected chi connectivity index (χ0v) is 10.9. The van der Waals surface area contributed by atoms with Crippen molar-refractivity contribution >= 4 is 5.78 Å². The molecule has 0 atom stereocenters. The number of rotatable bonds is 2. The standard InChI is InChI=1S/C13H15N3O2/c1-8-9(11(17)13(2,3)4)10(16-18-8)12-14-6-5-7-15-12/h5-7H,1-4H3. The lowest BCUT2D eigenvalue weighted by atomic mass is 9.85. The van der Waals surface area contributed by atoms with Crippen LogP contribution in [0.1, 0.15) is 36.9 Å². The SMILES string of the molecule is Cc1onc(-c2ncccn2)c1C(=O)C(C)(C)C. The molecule has 0 radical (unpaired) electrons. The van der Waals surface area contributed by atoms with E-state index in [4.69, 9.17) is 4.52 Å². The van der Waals surface area contributed by atoms with Crippen LogP contribution in [0.2, 0.25) is 0 Å². The van der Waals surface area contributed by atoms with Gasteiger partial charge < -0.3 is 4.52 Å². The van der Waals surface area contributed by atoms with E-state index in [0.717, 1.165) is 0 Å². The molecule has 2 aromatic heterocycles. The second-order valence-electron chi connectivity index (χ2n) is 5.11. The first-order valence-corrected chi connectivity index (χ1v) is 5.69. The van der Waals surface area contributed by atoms with Crippen molar-refractivity contribution in [3.8, 4) is 11.5 Å². The molecule has 0 unspecified atom stereocenters. The van der Waals surface area contributed by atoms with Gasteiger partial charge in [-0.3, -0.25) is 4.79 Å². The molecule has 5 heteroatoms. The molecule has 0 saturated carbocycles. The summed E-state index contributed by atoms with van der Waals surface area (Å²) in [6.45, 7) is 7.30. The summed E-state index contributed by atoms with van der Waals surface area (Å²) in [5.74, 6) is 0.878. The third-order valence-corrected chi connectivity index (χ3v) is 2.55. The summed E-state index contributed by atoms with van der Waals surface area (Å²) in [4.78, 5) is 20.6. The Hall–Kier alpha value is -2.04. The fourth-order valence-electron chi connectivity index (χ4n) is 1.59. The summed E-state index contributed by atoms with van der Waals surface area (Å²) < 4.78 is 5.12. The summed E-state index contributed by atoms with van der Waals surface area (Å²) in [5, 5.41) is 3.90. The van der Waals surface area contributed by atoms with Gasteiger partial charge in [-0.05, 0) is 13.0 Å². The molecule has 0 spiro atoms. The lowest BCUT2D eigenvalue weighted by molar-refractivity contribution is 0.0857. The number of nitrogens with zero attached hydrogens (tertiary/aromatic N) is 3. The summed E-state index contributed by atoms with van der Waals surface area (Å²) in [5.41, 5.74) is 0.376. The van der Waals surface area contributed by atoms with E-state index in [2.05, 4.69) is 15.1 Å². The minimum atomic E-state index is -0.500. The molecule has 0 aliphatic rings. The van der Waals surface area contributed by atoms with Gasteiger partial charge in [0.05, 0.1) is 5.56 Å². The molecule has 0 aliphatic heterocycles. The molecule has 5 nitrogen and oxygen atoms in total. The van der Waals surface area contributed by atoms with E-state index in [1.807, 2.05) is 20.8 Å². The fourth-order valence-corrected chi connectivity index (χ4v) is 1.59. The Morgan fingerprint density at radius 1 is 1.22 bits per heavy atom. The van der Waals surface area contributed by atoms with E-state index in [1.54, 1.807) is 25.4 Å². The van der Waals surface area contributed by atoms with Gasteiger partial charge in [0, 0.05) is 17.8 Å². The second kappa shape index (κ2) is 4.33. The molecule has 2 rings (SSSR count). The van der Waals surface area contributed by atoms with Gasteiger partial charge in [0.2, 0.25) is 0 Å². The minimum absolute atomic E-state index is 0.0243. The van der Waals surface area contributed by atoms with Crippen molar-refractivity contribution in [2.45, 2.75) is 27.7 Å². The number of Topliss-reactive ketones (excluding diaryl/α,β-unsaturated/α-hetero) is 1. The van der Waals surface area contributed by atoms with E-state index >= 15 is 0 Å². The Kier molecular flexibility index (Phi) is 2.98. The van der Waals surface area contributed by atoms with Crippen molar-refractivity contribution in [2.24, 2.45) is 5.41 Å². The molecule has 18 heavy (non-hydrogen) atoms. The topological polar surface area (TPSA) is 68.9 Å². The van der Waals surface area contributed by atoms with Crippen LogP contribution >= 0.6 is 0 Å². The van der Waals surface area contributed by atoms with Crippen molar-refractivity contribution in [3.63, 3.8) is 0 Å². The van der Waals surface area contributed by atoms with Gasteiger partial charge in [0.15, 0.2) is 17.3 Å². The second-order valence-corrected chi connectivity index (χ2v) is 5.11. The largest absolute Gasteiger partial charge is 0.360 e. The average Bonchev–Trinajstić information content (AvgIpc) is 2.70. The van der Waals surface area contributed by atoms with E-state index < -0.39 is 5.41 Å². The fraction of sp³-hybridized carbons (Fsp3) is 0.385. The van der Waals surface area contributed by atoms with Crippen LogP contribution in [-0.4, -0.2) is 20.9 Å². The summed E-state index contributed by atoms with van der Waals surface area (Å²) >= 11 is 0. The number of hydrogen-bond donors (Lipinski definition) is 0. The minimum Gasteiger partial charge on any atom is -0.360 e. The summed E-state index contributed by atoms with van der Waals surface area (Å²) in [6, 6.07) is 1.71. The lowest BCUT2D eigenvalue weighted by Gasteiger charge is -2.16. The lowest BCUT2D eigenvalue weighted by Crippen LogP contribution is -2.21. The van der Waals surface area contributed by atoms with Crippen LogP contribution < -0.4 is 0 Å². The summed E-state index contributed by atoms with van der Waals surface area (Å²) in [7, 11) is 0. The van der Waals surface area contributed by atoms with Crippen LogP contribution in [-0.2, 0) is 0 Å². The number of carbonyl (C=O) groups is 1. The number of aryl methyl sites for hydroxylation is 1. The highest BCUT2D eigenvalue weighted by Gasteiger charge is 2.31. The third kappa shape index (κ3) is 2.16. The molecule has 0 amide bonds. The molecule has 94 valence electrons. The highest BCUT2D eigenvalue weighted by molar-refractivity contribution is 6.04. The maximum absolute atomic E-state index is 12.4. The molecule has 0 bridgehead atoms. The molecule has 0 aromatic carbocycles. The highest BCUT2D eigenvalue weighted by Crippen LogP contribution is 2.29. The maximum Gasteiger partial charge on any atom is 0.182 e. The van der Waals surface area contributed by atoms with Crippen molar-refractivity contribution < 1.29 is 9.32 Å². The van der Waals surface area contributed by atoms with Crippen LogP contribution in [0.5, 0.6) is 0 Å². The summed E-state index contributed by atoms with van der Waals surface area (Å²) in [6.07, 6.45) is 3.22. The highest BCUT2D eigenvalue weighted by atomic mass is 16.5. The first-order chi connectivity index (χ1) is 8.41. The van der Waals surface area contributed by atoms with Crippen molar-refractivity contribution in [2.75, 3.05) is 0 Å². The Bertz CT molecular complexity index is 568. The van der Waals surface area contributed by atoms with Crippen LogP contribution in [0, 0.1) is 12.3 Å². The normalized spacial score (nSPS) is 11.6. The molecule has 2 aromatic rings. The van der Waals surface area contributed by atoms with Gasteiger partial charge in [-0.25, -0.2) is 9.97 Å². The Morgan fingerprint density at radius 2 is 1.83 bits per heavy atom. The zero-order chi connectivity index (χ0) is 13.3. The predicted octanol–water partition coefficient (Wildman–Crippen LogP) is 2.67. The van der Waals surface area contributed by atoms with E-state index in [9.17, 15) is 4.79 Å². The van der Waals surface area contributed by atoms with Crippen molar-refractivity contribution in [1.29, 1.82) is 0 Å². The van der Waals surface area contributed by atoms with Crippen molar-refractivity contribution in [1.82, 2.24) is 15.1 Å². The van der Waals surface area contributed by atoms with E-state index in [1.165, 1.54) is 0 Å². The molecule has 2 heterocycles. The first kappa shape index (κ1) is 12.4. The van der Waals surface area contributed by atoms with Gasteiger partial charge in [-0.15, -0.1) is 0 Å². The molecule has 0 aliphatic carbocycles. The molecular weight excluding hydrogens is 230 g/mol. The number of aromatic nitrogens is 3. The van der Waals surface area contributed by atoms with Gasteiger partial charge in [-0.2, -0.15) is 0 Å². The Balaban J connectivity index is 2.56. The van der Waals surface area contributed by atoms with E-state index in [-0.39, 0.29) is 5.78 Å². The quantitative estimate of drug-likeness (QED) is 0.761. The zero-order valence-electron chi connectivity index (χ0n) is 10.9. The predicted molar refractivity (Wildman–Crippen MR) is 66.1 cm³/mol. The van der Waals surface area contributed by atoms with Gasteiger partial charge in [0.1, 0.15) is 5.76 Å². The number of ketones is 1. The monoisotopic (exact) mass is 245 g/mol. The van der Waals surface area contributed by atoms with Gasteiger partial charge in [-0.1, -0.05) is 25.9 Å². The van der Waals surface area contributed by atoms with Gasteiger partial charge in [0.25, 0.3) is 0 Å². The number of hydrogen-bond acceptors (Lipinski definition) is 5. The molecule has 0 fully saturated rings. The van der Waals surface area contributed by atoms with Crippen molar-refractivity contribution in [3.05, 3.63) is 29.8 Å². The molecule has 0 saturated heterocycles. The Morgan fingerprint density at radius 3 is 2.39 bits per heavy atom. The average molecular weight is 245 g/mol. The van der Waals surface area contributed by atoms with Crippen LogP contribution in [0.3, 0.4) is 0 Å². The van der Waals surface area contributed by atoms with Gasteiger partial charge >= 0.3 is 0 Å². The molecular formula is C13H15N3O2. The third-order valence-electron chi connectivity index (χ3n) is 2.55. The first-order valence-electron chi connectivity index (χ1n) is 5.69. The molecule has 0 N–H and O–H groups in total. The van der Waals surface area contributed by atoms with E-state index in [0.29, 0.717) is 22.8 Å². The van der Waals surface area contributed by atoms with Crippen LogP contribution in [0.25, 0.3) is 11.5 Å². The maximum atomic E-state index is 12.4. The smallest absolute Gasteiger partial charge is 0.182 e. The Labute approximate surface area is 105 Å².